The lowest BCUT2D eigenvalue weighted by Gasteiger charge is -2.30. The number of hydrogen-bond donors (Lipinski definition) is 2. The highest BCUT2D eigenvalue weighted by atomic mass is 35.5. The molecule has 2 heterocycles. The second-order valence-corrected chi connectivity index (χ2v) is 8.61. The van der Waals surface area contributed by atoms with Gasteiger partial charge < -0.3 is 20.8 Å². The number of pyridine rings is 1. The molecule has 0 spiro atoms. The summed E-state index contributed by atoms with van der Waals surface area (Å²) in [5.41, 5.74) is 12.4. The van der Waals surface area contributed by atoms with Crippen molar-refractivity contribution in [1.82, 2.24) is 20.1 Å². The second kappa shape index (κ2) is 12.2. The molecule has 172 valence electrons. The van der Waals surface area contributed by atoms with Crippen molar-refractivity contribution in [2.75, 3.05) is 18.0 Å². The van der Waals surface area contributed by atoms with Gasteiger partial charge in [0.05, 0.1) is 10.8 Å². The van der Waals surface area contributed by atoms with Crippen molar-refractivity contribution >= 4 is 35.3 Å². The van der Waals surface area contributed by atoms with Crippen LogP contribution in [0.4, 0.5) is 6.01 Å². The standard InChI is InChI=1S/C22H24ClN7O2S/c23-17-5-1-2-7-19(17)33-14-20(31)30(13-15-8-9-16(11-25)27-12-15)18(6-3-4-10-24)21-28-29-22(26)32-21/h1-2,5,7-9,12,18H,3-4,6,10,13-14,24H2,(H2,26,29). The molecule has 2 aromatic heterocycles. The molecular formula is C22H24ClN7O2S. The normalized spacial score (nSPS) is 11.7. The van der Waals surface area contributed by atoms with E-state index in [1.54, 1.807) is 29.3 Å². The van der Waals surface area contributed by atoms with E-state index >= 15 is 0 Å². The molecule has 4 N–H and O–H groups in total. The van der Waals surface area contributed by atoms with Gasteiger partial charge in [0.25, 0.3) is 0 Å². The first kappa shape index (κ1) is 24.5. The fourth-order valence-corrected chi connectivity index (χ4v) is 4.34. The van der Waals surface area contributed by atoms with Crippen LogP contribution in [0.5, 0.6) is 0 Å². The lowest BCUT2D eigenvalue weighted by Crippen LogP contribution is -2.36. The first-order valence-electron chi connectivity index (χ1n) is 10.3. The molecule has 0 bridgehead atoms. The van der Waals surface area contributed by atoms with Crippen molar-refractivity contribution in [1.29, 1.82) is 5.26 Å². The predicted octanol–water partition coefficient (Wildman–Crippen LogP) is 3.56. The Balaban J connectivity index is 1.87. The highest BCUT2D eigenvalue weighted by molar-refractivity contribution is 8.00. The number of thioether (sulfide) groups is 1. The molecule has 1 amide bonds. The van der Waals surface area contributed by atoms with Gasteiger partial charge in [-0.2, -0.15) is 5.26 Å². The number of carbonyl (C=O) groups is 1. The van der Waals surface area contributed by atoms with Crippen molar-refractivity contribution in [3.8, 4) is 6.07 Å². The third kappa shape index (κ3) is 6.92. The van der Waals surface area contributed by atoms with Crippen molar-refractivity contribution in [2.24, 2.45) is 5.73 Å². The number of halogens is 1. The van der Waals surface area contributed by atoms with Gasteiger partial charge in [-0.3, -0.25) is 4.79 Å². The minimum absolute atomic E-state index is 0.0632. The SMILES string of the molecule is N#Cc1ccc(CN(C(=O)CSc2ccccc2Cl)C(CCCCN)c2nnc(N)o2)cn1. The molecule has 1 unspecified atom stereocenters. The minimum atomic E-state index is -0.490. The number of nitrogens with two attached hydrogens (primary N) is 2. The van der Waals surface area contributed by atoms with Gasteiger partial charge in [-0.25, -0.2) is 4.98 Å². The highest BCUT2D eigenvalue weighted by Crippen LogP contribution is 2.31. The number of amides is 1. The number of carbonyl (C=O) groups excluding carboxylic acids is 1. The van der Waals surface area contributed by atoms with Crippen LogP contribution in [0, 0.1) is 11.3 Å². The number of rotatable bonds is 11. The Bertz CT molecular complexity index is 1100. The van der Waals surface area contributed by atoms with Crippen LogP contribution in [0.1, 0.15) is 42.5 Å². The maximum absolute atomic E-state index is 13.5. The maximum atomic E-state index is 13.5. The fourth-order valence-electron chi connectivity index (χ4n) is 3.21. The van der Waals surface area contributed by atoms with Crippen LogP contribution >= 0.6 is 23.4 Å². The smallest absolute Gasteiger partial charge is 0.312 e. The lowest BCUT2D eigenvalue weighted by molar-refractivity contribution is -0.132. The first-order chi connectivity index (χ1) is 16.0. The monoisotopic (exact) mass is 485 g/mol. The van der Waals surface area contributed by atoms with Crippen LogP contribution in [-0.2, 0) is 11.3 Å². The molecule has 0 aliphatic carbocycles. The van der Waals surface area contributed by atoms with Gasteiger partial charge in [-0.15, -0.1) is 16.9 Å². The van der Waals surface area contributed by atoms with Crippen molar-refractivity contribution in [3.05, 3.63) is 64.8 Å². The summed E-state index contributed by atoms with van der Waals surface area (Å²) in [6, 6.07) is 12.2. The summed E-state index contributed by atoms with van der Waals surface area (Å²) in [4.78, 5) is 20.1. The molecule has 9 nitrogen and oxygen atoms in total. The average molecular weight is 486 g/mol. The number of nitriles is 1. The van der Waals surface area contributed by atoms with E-state index in [2.05, 4.69) is 15.2 Å². The van der Waals surface area contributed by atoms with Gasteiger partial charge >= 0.3 is 6.01 Å². The van der Waals surface area contributed by atoms with E-state index in [9.17, 15) is 4.79 Å². The van der Waals surface area contributed by atoms with Gasteiger partial charge in [0.1, 0.15) is 17.8 Å². The topological polar surface area (TPSA) is 148 Å². The summed E-state index contributed by atoms with van der Waals surface area (Å²) in [6.07, 6.45) is 3.70. The van der Waals surface area contributed by atoms with E-state index < -0.39 is 6.04 Å². The Morgan fingerprint density at radius 2 is 2.06 bits per heavy atom. The fraction of sp³-hybridized carbons (Fsp3) is 0.318. The number of anilines is 1. The maximum Gasteiger partial charge on any atom is 0.312 e. The molecule has 0 fully saturated rings. The van der Waals surface area contributed by atoms with Crippen LogP contribution in [0.15, 0.2) is 51.9 Å². The Morgan fingerprint density at radius 1 is 1.24 bits per heavy atom. The second-order valence-electron chi connectivity index (χ2n) is 7.18. The molecule has 1 aromatic carbocycles. The van der Waals surface area contributed by atoms with Gasteiger partial charge in [-0.1, -0.05) is 34.9 Å². The summed E-state index contributed by atoms with van der Waals surface area (Å²) < 4.78 is 5.51. The van der Waals surface area contributed by atoms with Crippen LogP contribution in [-0.4, -0.2) is 38.3 Å². The first-order valence-corrected chi connectivity index (χ1v) is 11.7. The zero-order chi connectivity index (χ0) is 23.6. The van der Waals surface area contributed by atoms with E-state index in [0.717, 1.165) is 23.3 Å². The number of nitrogen functional groups attached to an aromatic ring is 1. The van der Waals surface area contributed by atoms with E-state index in [0.29, 0.717) is 23.7 Å². The van der Waals surface area contributed by atoms with E-state index in [1.165, 1.54) is 11.8 Å². The van der Waals surface area contributed by atoms with Crippen LogP contribution < -0.4 is 11.5 Å². The summed E-state index contributed by atoms with van der Waals surface area (Å²) in [5, 5.41) is 17.4. The number of unbranched alkanes of at least 4 members (excludes halogenated alkanes) is 1. The third-order valence-corrected chi connectivity index (χ3v) is 6.35. The third-order valence-electron chi connectivity index (χ3n) is 4.85. The van der Waals surface area contributed by atoms with E-state index in [-0.39, 0.29) is 30.1 Å². The van der Waals surface area contributed by atoms with Gasteiger partial charge in [0, 0.05) is 17.6 Å². The van der Waals surface area contributed by atoms with Crippen LogP contribution in [0.2, 0.25) is 5.02 Å². The van der Waals surface area contributed by atoms with E-state index in [4.69, 9.17) is 32.7 Å². The van der Waals surface area contributed by atoms with Crippen molar-refractivity contribution in [3.63, 3.8) is 0 Å². The predicted molar refractivity (Wildman–Crippen MR) is 126 cm³/mol. The van der Waals surface area contributed by atoms with E-state index in [1.807, 2.05) is 24.3 Å². The largest absolute Gasteiger partial charge is 0.406 e. The summed E-state index contributed by atoms with van der Waals surface area (Å²) >= 11 is 7.61. The Kier molecular flexibility index (Phi) is 9.06. The zero-order valence-electron chi connectivity index (χ0n) is 17.9. The Hall–Kier alpha value is -3.13. The lowest BCUT2D eigenvalue weighted by atomic mass is 10.1. The summed E-state index contributed by atoms with van der Waals surface area (Å²) in [7, 11) is 0. The molecule has 0 radical (unpaired) electrons. The highest BCUT2D eigenvalue weighted by Gasteiger charge is 2.29. The molecule has 0 aliphatic rings. The molecule has 3 rings (SSSR count). The molecule has 3 aromatic rings. The number of hydrogen-bond acceptors (Lipinski definition) is 9. The average Bonchev–Trinajstić information content (AvgIpc) is 3.26. The number of nitrogens with zero attached hydrogens (tertiary/aromatic N) is 5. The Morgan fingerprint density at radius 3 is 2.70 bits per heavy atom. The van der Waals surface area contributed by atoms with Gasteiger partial charge in [0.2, 0.25) is 11.8 Å². The van der Waals surface area contributed by atoms with Crippen molar-refractivity contribution in [2.45, 2.75) is 36.7 Å². The molecule has 0 saturated carbocycles. The summed E-state index contributed by atoms with van der Waals surface area (Å²) in [6.45, 7) is 0.782. The van der Waals surface area contributed by atoms with Gasteiger partial charge in [-0.05, 0) is 49.6 Å². The quantitative estimate of drug-likeness (QED) is 0.307. The molecule has 33 heavy (non-hydrogen) atoms. The number of aromatic nitrogens is 3. The molecule has 0 aliphatic heterocycles. The van der Waals surface area contributed by atoms with Crippen LogP contribution in [0.3, 0.4) is 0 Å². The molecule has 1 atom stereocenters. The zero-order valence-corrected chi connectivity index (χ0v) is 19.4. The van der Waals surface area contributed by atoms with Crippen molar-refractivity contribution < 1.29 is 9.21 Å². The van der Waals surface area contributed by atoms with Crippen LogP contribution in [0.25, 0.3) is 0 Å². The number of benzene rings is 1. The minimum Gasteiger partial charge on any atom is -0.406 e. The van der Waals surface area contributed by atoms with Gasteiger partial charge in [0.15, 0.2) is 0 Å². The summed E-state index contributed by atoms with van der Waals surface area (Å²) in [5.74, 6) is 0.283. The Labute approximate surface area is 201 Å². The molecular weight excluding hydrogens is 462 g/mol. The molecule has 0 saturated heterocycles. The molecule has 11 heteroatoms.